The molecule has 0 spiro atoms. The zero-order valence-electron chi connectivity index (χ0n) is 10.4. The SMILES string of the molecule is CC1(NC(=O)c2cncnc2)CCOC1C1CC1. The van der Waals surface area contributed by atoms with E-state index < -0.39 is 0 Å². The van der Waals surface area contributed by atoms with Crippen molar-refractivity contribution in [3.63, 3.8) is 0 Å². The number of aromatic nitrogens is 2. The number of carbonyl (C=O) groups excluding carboxylic acids is 1. The molecule has 0 aromatic carbocycles. The van der Waals surface area contributed by atoms with Crippen LogP contribution in [-0.4, -0.2) is 34.1 Å². The summed E-state index contributed by atoms with van der Waals surface area (Å²) in [6.45, 7) is 2.80. The number of nitrogens with zero attached hydrogens (tertiary/aromatic N) is 2. The Labute approximate surface area is 106 Å². The molecule has 1 aliphatic carbocycles. The highest BCUT2D eigenvalue weighted by Gasteiger charge is 2.49. The molecule has 5 heteroatoms. The maximum Gasteiger partial charge on any atom is 0.254 e. The highest BCUT2D eigenvalue weighted by Crippen LogP contribution is 2.43. The Bertz CT molecular complexity index is 447. The van der Waals surface area contributed by atoms with E-state index in [1.165, 1.54) is 31.6 Å². The van der Waals surface area contributed by atoms with Gasteiger partial charge in [-0.05, 0) is 32.1 Å². The fourth-order valence-corrected chi connectivity index (χ4v) is 2.66. The Morgan fingerprint density at radius 2 is 2.17 bits per heavy atom. The normalized spacial score (nSPS) is 31.3. The van der Waals surface area contributed by atoms with Crippen molar-refractivity contribution in [1.82, 2.24) is 15.3 Å². The summed E-state index contributed by atoms with van der Waals surface area (Å²) >= 11 is 0. The van der Waals surface area contributed by atoms with Crippen LogP contribution in [0.4, 0.5) is 0 Å². The van der Waals surface area contributed by atoms with E-state index in [4.69, 9.17) is 4.74 Å². The first-order valence-corrected chi connectivity index (χ1v) is 6.38. The maximum absolute atomic E-state index is 12.1. The van der Waals surface area contributed by atoms with E-state index >= 15 is 0 Å². The van der Waals surface area contributed by atoms with Crippen molar-refractivity contribution in [3.05, 3.63) is 24.3 Å². The van der Waals surface area contributed by atoms with Crippen LogP contribution in [0.2, 0.25) is 0 Å². The van der Waals surface area contributed by atoms with Gasteiger partial charge in [-0.3, -0.25) is 4.79 Å². The van der Waals surface area contributed by atoms with Crippen molar-refractivity contribution in [1.29, 1.82) is 0 Å². The average molecular weight is 247 g/mol. The van der Waals surface area contributed by atoms with E-state index in [0.29, 0.717) is 11.5 Å². The van der Waals surface area contributed by atoms with Crippen LogP contribution in [0.1, 0.15) is 36.5 Å². The fraction of sp³-hybridized carbons (Fsp3) is 0.615. The monoisotopic (exact) mass is 247 g/mol. The van der Waals surface area contributed by atoms with E-state index in [1.54, 1.807) is 0 Å². The summed E-state index contributed by atoms with van der Waals surface area (Å²) in [6.07, 6.45) is 7.94. The average Bonchev–Trinajstić information content (AvgIpc) is 3.14. The van der Waals surface area contributed by atoms with Gasteiger partial charge in [0.2, 0.25) is 0 Å². The molecule has 96 valence electrons. The van der Waals surface area contributed by atoms with Crippen LogP contribution in [-0.2, 0) is 4.74 Å². The molecule has 1 N–H and O–H groups in total. The second-order valence-electron chi connectivity index (χ2n) is 5.38. The molecule has 18 heavy (non-hydrogen) atoms. The van der Waals surface area contributed by atoms with E-state index in [1.807, 2.05) is 0 Å². The molecule has 1 aromatic rings. The Morgan fingerprint density at radius 1 is 1.44 bits per heavy atom. The fourth-order valence-electron chi connectivity index (χ4n) is 2.66. The minimum absolute atomic E-state index is 0.116. The largest absolute Gasteiger partial charge is 0.375 e. The van der Waals surface area contributed by atoms with Crippen LogP contribution in [0, 0.1) is 5.92 Å². The number of nitrogens with one attached hydrogen (secondary N) is 1. The molecule has 1 aromatic heterocycles. The van der Waals surface area contributed by atoms with Crippen molar-refractivity contribution in [3.8, 4) is 0 Å². The molecule has 3 rings (SSSR count). The first-order chi connectivity index (χ1) is 8.69. The molecule has 1 amide bonds. The Morgan fingerprint density at radius 3 is 2.83 bits per heavy atom. The van der Waals surface area contributed by atoms with Gasteiger partial charge in [0, 0.05) is 19.0 Å². The Kier molecular flexibility index (Phi) is 2.78. The predicted octanol–water partition coefficient (Wildman–Crippen LogP) is 1.16. The van der Waals surface area contributed by atoms with Gasteiger partial charge < -0.3 is 10.1 Å². The van der Waals surface area contributed by atoms with Gasteiger partial charge in [0.25, 0.3) is 5.91 Å². The lowest BCUT2D eigenvalue weighted by Crippen LogP contribution is -2.52. The number of hydrogen-bond acceptors (Lipinski definition) is 4. The third kappa shape index (κ3) is 2.10. The minimum atomic E-state index is -0.256. The van der Waals surface area contributed by atoms with Gasteiger partial charge in [-0.2, -0.15) is 0 Å². The van der Waals surface area contributed by atoms with Crippen molar-refractivity contribution >= 4 is 5.91 Å². The van der Waals surface area contributed by atoms with Gasteiger partial charge in [0.15, 0.2) is 0 Å². The standard InChI is InChI=1S/C13H17N3O2/c1-13(4-5-18-11(13)9-2-3-9)16-12(17)10-6-14-8-15-7-10/h6-9,11H,2-5H2,1H3,(H,16,17). The third-order valence-electron chi connectivity index (χ3n) is 3.82. The number of hydrogen-bond donors (Lipinski definition) is 1. The first kappa shape index (κ1) is 11.6. The second kappa shape index (κ2) is 4.31. The molecule has 1 saturated carbocycles. The lowest BCUT2D eigenvalue weighted by Gasteiger charge is -2.31. The summed E-state index contributed by atoms with van der Waals surface area (Å²) in [7, 11) is 0. The molecular weight excluding hydrogens is 230 g/mol. The molecule has 5 nitrogen and oxygen atoms in total. The van der Waals surface area contributed by atoms with Crippen LogP contribution in [0.3, 0.4) is 0 Å². The molecule has 2 fully saturated rings. The molecule has 2 unspecified atom stereocenters. The molecule has 2 atom stereocenters. The van der Waals surface area contributed by atoms with Gasteiger partial charge in [-0.1, -0.05) is 0 Å². The number of rotatable bonds is 3. The maximum atomic E-state index is 12.1. The molecule has 0 radical (unpaired) electrons. The topological polar surface area (TPSA) is 64.1 Å². The van der Waals surface area contributed by atoms with Crippen molar-refractivity contribution in [2.24, 2.45) is 5.92 Å². The highest BCUT2D eigenvalue weighted by molar-refractivity contribution is 5.94. The van der Waals surface area contributed by atoms with E-state index in [-0.39, 0.29) is 17.6 Å². The summed E-state index contributed by atoms with van der Waals surface area (Å²) in [6, 6.07) is 0. The molecule has 2 aliphatic rings. The van der Waals surface area contributed by atoms with Crippen LogP contribution < -0.4 is 5.32 Å². The van der Waals surface area contributed by atoms with Gasteiger partial charge in [-0.15, -0.1) is 0 Å². The minimum Gasteiger partial charge on any atom is -0.375 e. The van der Waals surface area contributed by atoms with E-state index in [0.717, 1.165) is 13.0 Å². The van der Waals surface area contributed by atoms with Crippen molar-refractivity contribution in [2.45, 2.75) is 37.8 Å². The van der Waals surface area contributed by atoms with Crippen LogP contribution in [0.25, 0.3) is 0 Å². The second-order valence-corrected chi connectivity index (χ2v) is 5.38. The summed E-state index contributed by atoms with van der Waals surface area (Å²) in [5.74, 6) is 0.499. The van der Waals surface area contributed by atoms with E-state index in [2.05, 4.69) is 22.2 Å². The van der Waals surface area contributed by atoms with Gasteiger partial charge in [0.05, 0.1) is 17.2 Å². The summed E-state index contributed by atoms with van der Waals surface area (Å²) in [5, 5.41) is 3.10. The molecular formula is C13H17N3O2. The molecule has 2 heterocycles. The summed E-state index contributed by atoms with van der Waals surface area (Å²) in [5.41, 5.74) is 0.244. The molecule has 1 saturated heterocycles. The Balaban J connectivity index is 1.73. The predicted molar refractivity (Wildman–Crippen MR) is 65.0 cm³/mol. The third-order valence-corrected chi connectivity index (χ3v) is 3.82. The van der Waals surface area contributed by atoms with Gasteiger partial charge in [0.1, 0.15) is 6.33 Å². The zero-order valence-corrected chi connectivity index (χ0v) is 10.4. The Hall–Kier alpha value is -1.49. The van der Waals surface area contributed by atoms with Crippen molar-refractivity contribution < 1.29 is 9.53 Å². The summed E-state index contributed by atoms with van der Waals surface area (Å²) < 4.78 is 5.78. The van der Waals surface area contributed by atoms with Crippen LogP contribution >= 0.6 is 0 Å². The lowest BCUT2D eigenvalue weighted by atomic mass is 9.90. The van der Waals surface area contributed by atoms with Gasteiger partial charge >= 0.3 is 0 Å². The van der Waals surface area contributed by atoms with E-state index in [9.17, 15) is 4.79 Å². The first-order valence-electron chi connectivity index (χ1n) is 6.38. The van der Waals surface area contributed by atoms with Crippen molar-refractivity contribution in [2.75, 3.05) is 6.61 Å². The highest BCUT2D eigenvalue weighted by atomic mass is 16.5. The quantitative estimate of drug-likeness (QED) is 0.870. The molecule has 1 aliphatic heterocycles. The number of carbonyl (C=O) groups is 1. The summed E-state index contributed by atoms with van der Waals surface area (Å²) in [4.78, 5) is 19.9. The van der Waals surface area contributed by atoms with Crippen LogP contribution in [0.5, 0.6) is 0 Å². The van der Waals surface area contributed by atoms with Gasteiger partial charge in [-0.25, -0.2) is 9.97 Å². The zero-order chi connectivity index (χ0) is 12.6. The number of amides is 1. The lowest BCUT2D eigenvalue weighted by molar-refractivity contribution is 0.0514. The smallest absolute Gasteiger partial charge is 0.254 e. The molecule has 0 bridgehead atoms. The van der Waals surface area contributed by atoms with Crippen LogP contribution in [0.15, 0.2) is 18.7 Å². The number of ether oxygens (including phenoxy) is 1.